The molecule has 1 unspecified atom stereocenters. The molecule has 2 aromatic carbocycles. The minimum absolute atomic E-state index is 0.0429. The minimum atomic E-state index is -2.87. The number of hydrogen-bond donors (Lipinski definition) is 1. The van der Waals surface area contributed by atoms with E-state index in [1.165, 1.54) is 12.1 Å². The number of halogens is 2. The van der Waals surface area contributed by atoms with Crippen molar-refractivity contribution in [3.63, 3.8) is 0 Å². The molecule has 0 radical (unpaired) electrons. The third-order valence-electron chi connectivity index (χ3n) is 3.12. The summed E-state index contributed by atoms with van der Waals surface area (Å²) in [5.41, 5.74) is 3.34. The molecular formula is C16H16F2O2. The van der Waals surface area contributed by atoms with Crippen molar-refractivity contribution in [2.45, 2.75) is 26.6 Å². The quantitative estimate of drug-likeness (QED) is 0.916. The van der Waals surface area contributed by atoms with Crippen LogP contribution in [-0.4, -0.2) is 11.7 Å². The summed E-state index contributed by atoms with van der Waals surface area (Å²) in [4.78, 5) is 0. The van der Waals surface area contributed by atoms with Crippen LogP contribution in [-0.2, 0) is 0 Å². The van der Waals surface area contributed by atoms with Crippen molar-refractivity contribution in [2.75, 3.05) is 0 Å². The fraction of sp³-hybridized carbons (Fsp3) is 0.250. The lowest BCUT2D eigenvalue weighted by molar-refractivity contribution is -0.0499. The summed E-state index contributed by atoms with van der Waals surface area (Å²) in [6, 6.07) is 11.8. The molecule has 1 N–H and O–H groups in total. The zero-order valence-electron chi connectivity index (χ0n) is 11.3. The molecule has 0 amide bonds. The minimum Gasteiger partial charge on any atom is -0.435 e. The van der Waals surface area contributed by atoms with Gasteiger partial charge >= 0.3 is 6.61 Å². The summed E-state index contributed by atoms with van der Waals surface area (Å²) in [7, 11) is 0. The molecule has 0 saturated heterocycles. The highest BCUT2D eigenvalue weighted by atomic mass is 19.3. The second kappa shape index (κ2) is 6.01. The molecule has 0 heterocycles. The molecule has 4 heteroatoms. The molecule has 0 spiro atoms. The molecular weight excluding hydrogens is 262 g/mol. The van der Waals surface area contributed by atoms with Gasteiger partial charge in [0, 0.05) is 0 Å². The zero-order chi connectivity index (χ0) is 14.7. The van der Waals surface area contributed by atoms with Crippen LogP contribution in [0.25, 0.3) is 0 Å². The number of benzene rings is 2. The number of hydrogen-bond acceptors (Lipinski definition) is 2. The summed E-state index contributed by atoms with van der Waals surface area (Å²) in [6.07, 6.45) is -0.864. The van der Waals surface area contributed by atoms with Gasteiger partial charge in [0.1, 0.15) is 11.9 Å². The first kappa shape index (κ1) is 14.5. The zero-order valence-corrected chi connectivity index (χ0v) is 11.3. The third kappa shape index (κ3) is 3.33. The molecule has 0 saturated carbocycles. The maximum absolute atomic E-state index is 12.2. The van der Waals surface area contributed by atoms with E-state index in [0.29, 0.717) is 5.56 Å². The Bertz CT molecular complexity index is 597. The Hall–Kier alpha value is -1.94. The predicted octanol–water partition coefficient (Wildman–Crippen LogP) is 3.99. The molecule has 0 aliphatic carbocycles. The lowest BCUT2D eigenvalue weighted by Crippen LogP contribution is -2.05. The van der Waals surface area contributed by atoms with Gasteiger partial charge in [-0.2, -0.15) is 8.78 Å². The van der Waals surface area contributed by atoms with E-state index in [-0.39, 0.29) is 5.75 Å². The van der Waals surface area contributed by atoms with E-state index in [9.17, 15) is 13.9 Å². The van der Waals surface area contributed by atoms with Crippen LogP contribution in [0.15, 0.2) is 42.5 Å². The van der Waals surface area contributed by atoms with E-state index in [0.717, 1.165) is 16.7 Å². The molecule has 20 heavy (non-hydrogen) atoms. The van der Waals surface area contributed by atoms with Crippen LogP contribution in [0, 0.1) is 13.8 Å². The normalized spacial score (nSPS) is 12.5. The van der Waals surface area contributed by atoms with Crippen LogP contribution in [0.3, 0.4) is 0 Å². The van der Waals surface area contributed by atoms with Gasteiger partial charge in [0.05, 0.1) is 0 Å². The van der Waals surface area contributed by atoms with E-state index in [1.54, 1.807) is 12.1 Å². The highest BCUT2D eigenvalue weighted by Gasteiger charge is 2.14. The van der Waals surface area contributed by atoms with Crippen LogP contribution in [0.5, 0.6) is 5.75 Å². The van der Waals surface area contributed by atoms with Gasteiger partial charge in [-0.15, -0.1) is 0 Å². The van der Waals surface area contributed by atoms with E-state index in [2.05, 4.69) is 4.74 Å². The number of aliphatic hydroxyl groups excluding tert-OH is 1. The van der Waals surface area contributed by atoms with E-state index in [4.69, 9.17) is 0 Å². The van der Waals surface area contributed by atoms with Gasteiger partial charge in [0.15, 0.2) is 0 Å². The van der Waals surface area contributed by atoms with Gasteiger partial charge in [-0.1, -0.05) is 35.9 Å². The predicted molar refractivity (Wildman–Crippen MR) is 73.1 cm³/mol. The number of ether oxygens (including phenoxy) is 1. The second-order valence-corrected chi connectivity index (χ2v) is 4.71. The molecule has 2 aromatic rings. The summed E-state index contributed by atoms with van der Waals surface area (Å²) in [5.74, 6) is 0.0429. The second-order valence-electron chi connectivity index (χ2n) is 4.71. The van der Waals surface area contributed by atoms with E-state index >= 15 is 0 Å². The monoisotopic (exact) mass is 278 g/mol. The molecule has 106 valence electrons. The molecule has 0 fully saturated rings. The topological polar surface area (TPSA) is 29.5 Å². The van der Waals surface area contributed by atoms with Crippen LogP contribution in [0.2, 0.25) is 0 Å². The maximum Gasteiger partial charge on any atom is 0.387 e. The number of aliphatic hydroxyl groups is 1. The van der Waals surface area contributed by atoms with Crippen LogP contribution in [0.4, 0.5) is 8.78 Å². The van der Waals surface area contributed by atoms with Gasteiger partial charge in [-0.25, -0.2) is 0 Å². The van der Waals surface area contributed by atoms with Crippen molar-refractivity contribution in [3.8, 4) is 5.75 Å². The van der Waals surface area contributed by atoms with Gasteiger partial charge in [0.25, 0.3) is 0 Å². The number of aryl methyl sites for hydroxylation is 2. The first-order valence-corrected chi connectivity index (χ1v) is 6.27. The molecule has 0 aliphatic rings. The summed E-state index contributed by atoms with van der Waals surface area (Å²) >= 11 is 0. The Morgan fingerprint density at radius 2 is 1.80 bits per heavy atom. The number of alkyl halides is 2. The van der Waals surface area contributed by atoms with Crippen molar-refractivity contribution in [1.29, 1.82) is 0 Å². The molecule has 0 aromatic heterocycles. The summed E-state index contributed by atoms with van der Waals surface area (Å²) in [6.45, 7) is 1.01. The largest absolute Gasteiger partial charge is 0.435 e. The van der Waals surface area contributed by atoms with E-state index in [1.807, 2.05) is 32.0 Å². The summed E-state index contributed by atoms with van der Waals surface area (Å²) < 4.78 is 28.7. The van der Waals surface area contributed by atoms with Crippen molar-refractivity contribution in [3.05, 3.63) is 64.7 Å². The van der Waals surface area contributed by atoms with Crippen LogP contribution in [0.1, 0.15) is 28.4 Å². The third-order valence-corrected chi connectivity index (χ3v) is 3.12. The smallest absolute Gasteiger partial charge is 0.387 e. The van der Waals surface area contributed by atoms with Crippen molar-refractivity contribution in [1.82, 2.24) is 0 Å². The van der Waals surface area contributed by atoms with E-state index < -0.39 is 12.7 Å². The molecule has 0 aliphatic heterocycles. The Kier molecular flexibility index (Phi) is 4.35. The maximum atomic E-state index is 12.2. The van der Waals surface area contributed by atoms with Crippen molar-refractivity contribution in [2.24, 2.45) is 0 Å². The lowest BCUT2D eigenvalue weighted by Gasteiger charge is -2.16. The lowest BCUT2D eigenvalue weighted by atomic mass is 9.96. The SMILES string of the molecule is Cc1ccc(C(O)c2cccc(OC(F)F)c2)c(C)c1. The van der Waals surface area contributed by atoms with Gasteiger partial charge in [0.2, 0.25) is 0 Å². The van der Waals surface area contributed by atoms with Gasteiger partial charge in [-0.3, -0.25) is 0 Å². The Morgan fingerprint density at radius 3 is 2.45 bits per heavy atom. The van der Waals surface area contributed by atoms with Crippen LogP contribution >= 0.6 is 0 Å². The average molecular weight is 278 g/mol. The Labute approximate surface area is 116 Å². The highest BCUT2D eigenvalue weighted by Crippen LogP contribution is 2.28. The Balaban J connectivity index is 2.30. The van der Waals surface area contributed by atoms with Crippen LogP contribution < -0.4 is 4.74 Å². The fourth-order valence-corrected chi connectivity index (χ4v) is 2.17. The van der Waals surface area contributed by atoms with Crippen molar-refractivity contribution < 1.29 is 18.6 Å². The molecule has 1 atom stereocenters. The molecule has 2 rings (SSSR count). The number of rotatable bonds is 4. The standard InChI is InChI=1S/C16H16F2O2/c1-10-6-7-14(11(2)8-10)15(19)12-4-3-5-13(9-12)20-16(17)18/h3-9,15-16,19H,1-2H3. The fourth-order valence-electron chi connectivity index (χ4n) is 2.17. The molecule has 2 nitrogen and oxygen atoms in total. The highest BCUT2D eigenvalue weighted by molar-refractivity contribution is 5.39. The average Bonchev–Trinajstić information content (AvgIpc) is 2.37. The first-order valence-electron chi connectivity index (χ1n) is 6.27. The Morgan fingerprint density at radius 1 is 1.05 bits per heavy atom. The van der Waals surface area contributed by atoms with Gasteiger partial charge < -0.3 is 9.84 Å². The first-order chi connectivity index (χ1) is 9.47. The van der Waals surface area contributed by atoms with Crippen molar-refractivity contribution >= 4 is 0 Å². The summed E-state index contributed by atoms with van der Waals surface area (Å²) in [5, 5.41) is 10.4. The van der Waals surface area contributed by atoms with Gasteiger partial charge in [-0.05, 0) is 42.7 Å². The molecule has 0 bridgehead atoms.